The monoisotopic (exact) mass is 294 g/mol. The second-order valence-corrected chi connectivity index (χ2v) is 4.56. The molecular weight excluding hydrogens is 285 g/mol. The van der Waals surface area contributed by atoms with Gasteiger partial charge in [0.1, 0.15) is 0 Å². The van der Waals surface area contributed by atoms with Gasteiger partial charge in [0, 0.05) is 5.39 Å². The van der Waals surface area contributed by atoms with Crippen LogP contribution in [0.4, 0.5) is 0 Å². The fourth-order valence-corrected chi connectivity index (χ4v) is 2.77. The normalized spacial score (nSPS) is 11.0. The minimum atomic E-state index is -0.0442. The Bertz CT molecular complexity index is 1000. The molecule has 3 heteroatoms. The third kappa shape index (κ3) is 1.49. The standard InChI is InChI=1S/C17H9NO.V/c1-2-12-10-11-6-5-9-14-13-7-3-4-8-15(13)17(19)18(12)16(11)14;/h1-9H;/q-2;+2. The van der Waals surface area contributed by atoms with Gasteiger partial charge in [-0.15, -0.1) is 17.5 Å². The van der Waals surface area contributed by atoms with Crippen LogP contribution >= 0.6 is 0 Å². The first-order valence-electron chi connectivity index (χ1n) is 6.07. The largest absolute Gasteiger partial charge is 2.00 e. The second-order valence-electron chi connectivity index (χ2n) is 4.56. The second kappa shape index (κ2) is 4.51. The molecule has 0 spiro atoms. The average Bonchev–Trinajstić information content (AvgIpc) is 2.84. The SMILES string of the molecule is [CH-]=Cc1[c-]c2cccc3c4ccccc4c(=O)n1c23.[V+2]. The van der Waals surface area contributed by atoms with Crippen LogP contribution in [0.15, 0.2) is 47.3 Å². The zero-order valence-corrected chi connectivity index (χ0v) is 11.9. The van der Waals surface area contributed by atoms with Gasteiger partial charge in [0.25, 0.3) is 0 Å². The van der Waals surface area contributed by atoms with Crippen LogP contribution in [-0.2, 0) is 18.6 Å². The van der Waals surface area contributed by atoms with Crippen LogP contribution in [-0.4, -0.2) is 4.40 Å². The zero-order chi connectivity index (χ0) is 13.0. The molecule has 0 atom stereocenters. The van der Waals surface area contributed by atoms with Gasteiger partial charge in [-0.2, -0.15) is 5.69 Å². The molecule has 1 radical (unpaired) electrons. The fraction of sp³-hybridized carbons (Fsp3) is 0. The van der Waals surface area contributed by atoms with Gasteiger partial charge in [0.05, 0.1) is 0 Å². The van der Waals surface area contributed by atoms with Crippen molar-refractivity contribution in [2.45, 2.75) is 0 Å². The van der Waals surface area contributed by atoms with Gasteiger partial charge in [-0.05, 0) is 22.4 Å². The Morgan fingerprint density at radius 2 is 1.70 bits per heavy atom. The summed E-state index contributed by atoms with van der Waals surface area (Å²) >= 11 is 0. The van der Waals surface area contributed by atoms with E-state index in [1.54, 1.807) is 4.40 Å². The smallest absolute Gasteiger partial charge is 0.415 e. The maximum Gasteiger partial charge on any atom is 2.00 e. The summed E-state index contributed by atoms with van der Waals surface area (Å²) in [6.45, 7) is 5.62. The van der Waals surface area contributed by atoms with E-state index in [0.717, 1.165) is 21.7 Å². The van der Waals surface area contributed by atoms with E-state index in [2.05, 4.69) is 6.07 Å². The number of aromatic nitrogens is 1. The van der Waals surface area contributed by atoms with Crippen molar-refractivity contribution < 1.29 is 18.6 Å². The van der Waals surface area contributed by atoms with E-state index in [-0.39, 0.29) is 24.1 Å². The first-order valence-corrected chi connectivity index (χ1v) is 6.07. The Labute approximate surface area is 127 Å². The number of fused-ring (bicyclic) bond motifs is 2. The van der Waals surface area contributed by atoms with Crippen LogP contribution in [0.1, 0.15) is 5.69 Å². The van der Waals surface area contributed by atoms with Gasteiger partial charge in [-0.3, -0.25) is 10.9 Å². The molecule has 0 aliphatic rings. The molecule has 0 aliphatic carbocycles. The van der Waals surface area contributed by atoms with Crippen molar-refractivity contribution in [2.75, 3.05) is 0 Å². The van der Waals surface area contributed by atoms with Crippen LogP contribution in [0.5, 0.6) is 0 Å². The number of para-hydroxylation sites is 1. The van der Waals surface area contributed by atoms with Crippen molar-refractivity contribution in [3.8, 4) is 0 Å². The molecule has 2 nitrogen and oxygen atoms in total. The summed E-state index contributed by atoms with van der Waals surface area (Å²) in [5.41, 5.74) is 1.46. The molecule has 20 heavy (non-hydrogen) atoms. The van der Waals surface area contributed by atoms with Gasteiger partial charge in [0.2, 0.25) is 5.56 Å². The topological polar surface area (TPSA) is 21.5 Å². The first-order chi connectivity index (χ1) is 9.31. The molecule has 93 valence electrons. The molecule has 2 aromatic carbocycles. The maximum absolute atomic E-state index is 12.6. The Balaban J connectivity index is 0.00000121. The van der Waals surface area contributed by atoms with E-state index in [9.17, 15) is 4.79 Å². The number of hydrogen-bond donors (Lipinski definition) is 0. The number of pyridine rings is 1. The minimum Gasteiger partial charge on any atom is -0.415 e. The third-order valence-electron chi connectivity index (χ3n) is 3.57. The molecule has 2 aromatic heterocycles. The van der Waals surface area contributed by atoms with Crippen LogP contribution < -0.4 is 5.56 Å². The van der Waals surface area contributed by atoms with Gasteiger partial charge >= 0.3 is 18.6 Å². The number of nitrogens with zero attached hydrogens (tertiary/aromatic N) is 1. The molecule has 0 fully saturated rings. The van der Waals surface area contributed by atoms with Crippen LogP contribution in [0.2, 0.25) is 0 Å². The summed E-state index contributed by atoms with van der Waals surface area (Å²) in [4.78, 5) is 12.6. The summed E-state index contributed by atoms with van der Waals surface area (Å²) in [5.74, 6) is 0. The average molecular weight is 294 g/mol. The van der Waals surface area contributed by atoms with Crippen molar-refractivity contribution >= 4 is 33.1 Å². The minimum absolute atomic E-state index is 0. The Kier molecular flexibility index (Phi) is 2.93. The molecule has 4 aromatic rings. The van der Waals surface area contributed by atoms with E-state index >= 15 is 0 Å². The van der Waals surface area contributed by atoms with E-state index in [1.807, 2.05) is 42.5 Å². The molecule has 0 N–H and O–H groups in total. The predicted molar refractivity (Wildman–Crippen MR) is 77.5 cm³/mol. The van der Waals surface area contributed by atoms with E-state index in [1.165, 1.54) is 6.08 Å². The Morgan fingerprint density at radius 3 is 2.45 bits per heavy atom. The molecule has 0 saturated heterocycles. The van der Waals surface area contributed by atoms with E-state index in [4.69, 9.17) is 6.58 Å². The van der Waals surface area contributed by atoms with Gasteiger partial charge in [0.15, 0.2) is 0 Å². The number of hydrogen-bond acceptors (Lipinski definition) is 1. The van der Waals surface area contributed by atoms with Crippen molar-refractivity contribution in [1.82, 2.24) is 4.40 Å². The summed E-state index contributed by atoms with van der Waals surface area (Å²) in [7, 11) is 0. The van der Waals surface area contributed by atoms with E-state index in [0.29, 0.717) is 11.1 Å². The van der Waals surface area contributed by atoms with Crippen molar-refractivity contribution in [2.24, 2.45) is 0 Å². The Hall–Kier alpha value is -2.03. The number of benzene rings is 2. The predicted octanol–water partition coefficient (Wildman–Crippen LogP) is 3.29. The summed E-state index contributed by atoms with van der Waals surface area (Å²) in [6, 6.07) is 16.8. The quantitative estimate of drug-likeness (QED) is 0.390. The third-order valence-corrected chi connectivity index (χ3v) is 3.57. The molecular formula is C17H9NOV. The molecule has 0 saturated carbocycles. The van der Waals surface area contributed by atoms with Crippen molar-refractivity contribution in [1.29, 1.82) is 0 Å². The molecule has 0 unspecified atom stereocenters. The summed E-state index contributed by atoms with van der Waals surface area (Å²) < 4.78 is 1.65. The molecule has 0 bridgehead atoms. The molecule has 4 rings (SSSR count). The summed E-state index contributed by atoms with van der Waals surface area (Å²) in [5, 5.41) is 3.64. The zero-order valence-electron chi connectivity index (χ0n) is 10.5. The fourth-order valence-electron chi connectivity index (χ4n) is 2.77. The van der Waals surface area contributed by atoms with Crippen LogP contribution in [0.3, 0.4) is 0 Å². The first kappa shape index (κ1) is 13.0. The molecule has 0 amide bonds. The van der Waals surface area contributed by atoms with Crippen LogP contribution in [0.25, 0.3) is 33.1 Å². The van der Waals surface area contributed by atoms with Crippen molar-refractivity contribution in [3.05, 3.63) is 71.2 Å². The summed E-state index contributed by atoms with van der Waals surface area (Å²) in [6.07, 6.45) is 1.43. The van der Waals surface area contributed by atoms with Crippen molar-refractivity contribution in [3.63, 3.8) is 0 Å². The van der Waals surface area contributed by atoms with Gasteiger partial charge in [-0.25, -0.2) is 6.07 Å². The molecule has 0 aliphatic heterocycles. The molecule has 2 heterocycles. The van der Waals surface area contributed by atoms with Gasteiger partial charge < -0.3 is 11.0 Å². The van der Waals surface area contributed by atoms with Crippen LogP contribution in [0, 0.1) is 12.6 Å². The Morgan fingerprint density at radius 1 is 1.00 bits per heavy atom. The van der Waals surface area contributed by atoms with E-state index < -0.39 is 0 Å². The maximum atomic E-state index is 12.6. The number of rotatable bonds is 1. The van der Waals surface area contributed by atoms with Gasteiger partial charge in [-0.1, -0.05) is 24.3 Å².